The van der Waals surface area contributed by atoms with Crippen molar-refractivity contribution in [2.45, 2.75) is 32.7 Å². The van der Waals surface area contributed by atoms with Crippen LogP contribution < -0.4 is 5.32 Å². The van der Waals surface area contributed by atoms with E-state index in [9.17, 15) is 10.1 Å². The highest BCUT2D eigenvalue weighted by atomic mass is 16.6. The first-order chi connectivity index (χ1) is 10.0. The number of rotatable bonds is 6. The lowest BCUT2D eigenvalue weighted by atomic mass is 10.1. The molecule has 2 rings (SSSR count). The normalized spacial score (nSPS) is 12.3. The zero-order chi connectivity index (χ0) is 15.4. The second-order valence-electron chi connectivity index (χ2n) is 5.00. The average Bonchev–Trinajstić information content (AvgIpc) is 2.93. The summed E-state index contributed by atoms with van der Waals surface area (Å²) in [6.07, 6.45) is 1.55. The van der Waals surface area contributed by atoms with E-state index in [-0.39, 0.29) is 5.69 Å². The Labute approximate surface area is 122 Å². The van der Waals surface area contributed by atoms with E-state index in [1.807, 2.05) is 14.0 Å². The average molecular weight is 290 g/mol. The van der Waals surface area contributed by atoms with Crippen molar-refractivity contribution < 1.29 is 9.45 Å². The predicted octanol–water partition coefficient (Wildman–Crippen LogP) is 2.49. The van der Waals surface area contributed by atoms with E-state index in [4.69, 9.17) is 4.52 Å². The third-order valence-corrected chi connectivity index (χ3v) is 3.42. The van der Waals surface area contributed by atoms with Crippen LogP contribution >= 0.6 is 0 Å². The van der Waals surface area contributed by atoms with Crippen LogP contribution in [0.4, 0.5) is 5.69 Å². The molecule has 0 bridgehead atoms. The molecule has 1 atom stereocenters. The molecule has 0 saturated carbocycles. The van der Waals surface area contributed by atoms with Crippen molar-refractivity contribution >= 4 is 5.69 Å². The summed E-state index contributed by atoms with van der Waals surface area (Å²) in [5.74, 6) is 0.932. The molecule has 0 radical (unpaired) electrons. The van der Waals surface area contributed by atoms with Gasteiger partial charge in [-0.25, -0.2) is 0 Å². The van der Waals surface area contributed by atoms with Crippen molar-refractivity contribution in [3.8, 4) is 11.4 Å². The minimum atomic E-state index is -0.432. The summed E-state index contributed by atoms with van der Waals surface area (Å²) >= 11 is 0. The van der Waals surface area contributed by atoms with Gasteiger partial charge in [0, 0.05) is 30.2 Å². The van der Waals surface area contributed by atoms with Crippen LogP contribution in [0, 0.1) is 17.0 Å². The van der Waals surface area contributed by atoms with Crippen molar-refractivity contribution in [2.24, 2.45) is 0 Å². The lowest BCUT2D eigenvalue weighted by Gasteiger charge is -2.06. The van der Waals surface area contributed by atoms with Gasteiger partial charge < -0.3 is 9.84 Å². The third kappa shape index (κ3) is 3.63. The molecule has 0 spiro atoms. The van der Waals surface area contributed by atoms with E-state index in [2.05, 4.69) is 22.4 Å². The highest BCUT2D eigenvalue weighted by Gasteiger charge is 2.15. The summed E-state index contributed by atoms with van der Waals surface area (Å²) in [5.41, 5.74) is 1.52. The maximum absolute atomic E-state index is 10.8. The maximum atomic E-state index is 10.8. The fourth-order valence-electron chi connectivity index (χ4n) is 1.91. The van der Waals surface area contributed by atoms with E-state index < -0.39 is 4.92 Å². The van der Waals surface area contributed by atoms with Crippen molar-refractivity contribution in [3.05, 3.63) is 39.8 Å². The van der Waals surface area contributed by atoms with Gasteiger partial charge in [0.15, 0.2) is 0 Å². The first kappa shape index (κ1) is 15.1. The van der Waals surface area contributed by atoms with Crippen LogP contribution in [0.3, 0.4) is 0 Å². The van der Waals surface area contributed by atoms with Gasteiger partial charge in [-0.2, -0.15) is 4.98 Å². The SMILES string of the molecule is CNC(C)CCc1nc(-c2cc([N+](=O)[O-])ccc2C)no1. The van der Waals surface area contributed by atoms with Crippen LogP contribution in [0.15, 0.2) is 22.7 Å². The molecule has 7 nitrogen and oxygen atoms in total. The number of hydrogen-bond acceptors (Lipinski definition) is 6. The van der Waals surface area contributed by atoms with Crippen molar-refractivity contribution in [2.75, 3.05) is 7.05 Å². The van der Waals surface area contributed by atoms with Crippen molar-refractivity contribution in [1.29, 1.82) is 0 Å². The second kappa shape index (κ2) is 6.45. The molecule has 21 heavy (non-hydrogen) atoms. The number of nitrogens with zero attached hydrogens (tertiary/aromatic N) is 3. The van der Waals surface area contributed by atoms with Gasteiger partial charge in [-0.1, -0.05) is 11.2 Å². The van der Waals surface area contributed by atoms with Gasteiger partial charge in [0.1, 0.15) is 0 Å². The molecule has 0 aliphatic rings. The molecule has 1 aromatic carbocycles. The Bertz CT molecular complexity index is 639. The summed E-state index contributed by atoms with van der Waals surface area (Å²) in [6.45, 7) is 3.93. The number of nitro benzene ring substituents is 1. The number of aromatic nitrogens is 2. The smallest absolute Gasteiger partial charge is 0.270 e. The molecule has 0 amide bonds. The van der Waals surface area contributed by atoms with Gasteiger partial charge in [0.25, 0.3) is 5.69 Å². The van der Waals surface area contributed by atoms with Crippen molar-refractivity contribution in [1.82, 2.24) is 15.5 Å². The van der Waals surface area contributed by atoms with Gasteiger partial charge in [-0.3, -0.25) is 10.1 Å². The number of nitrogens with one attached hydrogen (secondary N) is 1. The van der Waals surface area contributed by atoms with Crippen LogP contribution in [0.1, 0.15) is 24.8 Å². The van der Waals surface area contributed by atoms with Crippen LogP contribution in [-0.4, -0.2) is 28.2 Å². The molecule has 2 aromatic rings. The van der Waals surface area contributed by atoms with Gasteiger partial charge in [0.05, 0.1) is 4.92 Å². The Morgan fingerprint density at radius 2 is 2.24 bits per heavy atom. The molecule has 1 unspecified atom stereocenters. The Morgan fingerprint density at radius 1 is 1.48 bits per heavy atom. The van der Waals surface area contributed by atoms with Gasteiger partial charge >= 0.3 is 0 Å². The van der Waals surface area contributed by atoms with Crippen LogP contribution in [0.25, 0.3) is 11.4 Å². The number of nitro groups is 1. The number of benzene rings is 1. The molecule has 1 N–H and O–H groups in total. The number of hydrogen-bond donors (Lipinski definition) is 1. The predicted molar refractivity (Wildman–Crippen MR) is 78.0 cm³/mol. The summed E-state index contributed by atoms with van der Waals surface area (Å²) in [5, 5.41) is 17.9. The maximum Gasteiger partial charge on any atom is 0.270 e. The monoisotopic (exact) mass is 290 g/mol. The molecule has 0 aliphatic carbocycles. The molecular formula is C14H18N4O3. The first-order valence-electron chi connectivity index (χ1n) is 6.76. The zero-order valence-corrected chi connectivity index (χ0v) is 12.3. The van der Waals surface area contributed by atoms with E-state index in [0.29, 0.717) is 29.7 Å². The molecule has 0 aliphatic heterocycles. The molecule has 1 heterocycles. The van der Waals surface area contributed by atoms with Crippen molar-refractivity contribution in [3.63, 3.8) is 0 Å². The van der Waals surface area contributed by atoms with E-state index in [1.54, 1.807) is 6.07 Å². The highest BCUT2D eigenvalue weighted by molar-refractivity contribution is 5.63. The summed E-state index contributed by atoms with van der Waals surface area (Å²) in [6, 6.07) is 4.99. The van der Waals surface area contributed by atoms with Crippen LogP contribution in [0.5, 0.6) is 0 Å². The van der Waals surface area contributed by atoms with Crippen LogP contribution in [-0.2, 0) is 6.42 Å². The Kier molecular flexibility index (Phi) is 4.64. The highest BCUT2D eigenvalue weighted by Crippen LogP contribution is 2.25. The van der Waals surface area contributed by atoms with E-state index in [1.165, 1.54) is 12.1 Å². The van der Waals surface area contributed by atoms with Gasteiger partial charge in [-0.15, -0.1) is 0 Å². The molecular weight excluding hydrogens is 272 g/mol. The summed E-state index contributed by atoms with van der Waals surface area (Å²) in [7, 11) is 1.90. The second-order valence-corrected chi connectivity index (χ2v) is 5.00. The summed E-state index contributed by atoms with van der Waals surface area (Å²) in [4.78, 5) is 14.7. The first-order valence-corrected chi connectivity index (χ1v) is 6.76. The standard InChI is InChI=1S/C14H18N4O3/c1-9-4-6-11(18(19)20)8-12(9)14-16-13(21-17-14)7-5-10(2)15-3/h4,6,8,10,15H,5,7H2,1-3H3. The molecule has 112 valence electrons. The Morgan fingerprint density at radius 3 is 2.90 bits per heavy atom. The molecule has 0 saturated heterocycles. The molecule has 7 heteroatoms. The van der Waals surface area contributed by atoms with E-state index in [0.717, 1.165) is 12.0 Å². The minimum absolute atomic E-state index is 0.0192. The number of aryl methyl sites for hydroxylation is 2. The Hall–Kier alpha value is -2.28. The van der Waals surface area contributed by atoms with Gasteiger partial charge in [0.2, 0.25) is 11.7 Å². The fourth-order valence-corrected chi connectivity index (χ4v) is 1.91. The molecule has 0 fully saturated rings. The topological polar surface area (TPSA) is 94.1 Å². The quantitative estimate of drug-likeness (QED) is 0.649. The fraction of sp³-hybridized carbons (Fsp3) is 0.429. The lowest BCUT2D eigenvalue weighted by Crippen LogP contribution is -2.21. The zero-order valence-electron chi connectivity index (χ0n) is 12.3. The number of non-ortho nitro benzene ring substituents is 1. The minimum Gasteiger partial charge on any atom is -0.339 e. The van der Waals surface area contributed by atoms with Gasteiger partial charge in [-0.05, 0) is 32.9 Å². The summed E-state index contributed by atoms with van der Waals surface area (Å²) < 4.78 is 5.21. The lowest BCUT2D eigenvalue weighted by molar-refractivity contribution is -0.384. The van der Waals surface area contributed by atoms with Crippen LogP contribution in [0.2, 0.25) is 0 Å². The van der Waals surface area contributed by atoms with E-state index >= 15 is 0 Å². The molecule has 1 aromatic heterocycles. The largest absolute Gasteiger partial charge is 0.339 e. The Balaban J connectivity index is 2.21. The third-order valence-electron chi connectivity index (χ3n) is 3.42.